The van der Waals surface area contributed by atoms with E-state index in [0.29, 0.717) is 42.2 Å². The lowest BCUT2D eigenvalue weighted by Crippen LogP contribution is -2.31. The number of hydrogen-bond donors (Lipinski definition) is 0. The van der Waals surface area contributed by atoms with Crippen molar-refractivity contribution in [1.82, 2.24) is 24.4 Å². The monoisotopic (exact) mass is 401 g/mol. The smallest absolute Gasteiger partial charge is 0.266 e. The predicted octanol–water partition coefficient (Wildman–Crippen LogP) is 3.03. The summed E-state index contributed by atoms with van der Waals surface area (Å²) < 4.78 is 21.9. The van der Waals surface area contributed by atoms with Gasteiger partial charge in [0, 0.05) is 25.4 Å². The zero-order valence-electron chi connectivity index (χ0n) is 15.6. The van der Waals surface area contributed by atoms with Gasteiger partial charge in [0.1, 0.15) is 17.3 Å². The van der Waals surface area contributed by atoms with Crippen LogP contribution in [-0.4, -0.2) is 49.5 Å². The third-order valence-electron chi connectivity index (χ3n) is 4.68. The van der Waals surface area contributed by atoms with Gasteiger partial charge in [-0.05, 0) is 25.5 Å². The Balaban J connectivity index is 1.45. The molecule has 0 spiro atoms. The Hall–Kier alpha value is -2.81. The fourth-order valence-electron chi connectivity index (χ4n) is 3.18. The van der Waals surface area contributed by atoms with Gasteiger partial charge in [0.05, 0.1) is 17.9 Å². The molecule has 0 aromatic carbocycles. The number of rotatable bonds is 5. The molecule has 0 radical (unpaired) electrons. The molecule has 146 valence electrons. The lowest BCUT2D eigenvalue weighted by molar-refractivity contribution is 0.0773. The highest BCUT2D eigenvalue weighted by Gasteiger charge is 2.31. The highest BCUT2D eigenvalue weighted by Crippen LogP contribution is 2.26. The van der Waals surface area contributed by atoms with Gasteiger partial charge >= 0.3 is 0 Å². The second-order valence-corrected chi connectivity index (χ2v) is 7.55. The Morgan fingerprint density at radius 2 is 2.14 bits per heavy atom. The SMILES string of the molecule is CCc1ncnc(O[C@@H]2CCN(C(=O)c3sc(-n4cccc4)nc3C)C2)c1F. The van der Waals surface area contributed by atoms with Gasteiger partial charge in [-0.2, -0.15) is 9.37 Å². The quantitative estimate of drug-likeness (QED) is 0.657. The number of halogens is 1. The highest BCUT2D eigenvalue weighted by atomic mass is 32.1. The molecule has 1 aliphatic heterocycles. The van der Waals surface area contributed by atoms with Crippen molar-refractivity contribution in [3.05, 3.63) is 52.9 Å². The van der Waals surface area contributed by atoms with E-state index in [1.165, 1.54) is 17.7 Å². The number of aromatic nitrogens is 4. The molecule has 0 aliphatic carbocycles. The molecule has 0 N–H and O–H groups in total. The molecule has 4 heterocycles. The summed E-state index contributed by atoms with van der Waals surface area (Å²) in [6, 6.07) is 3.83. The molecule has 1 atom stereocenters. The zero-order chi connectivity index (χ0) is 19.7. The van der Waals surface area contributed by atoms with Gasteiger partial charge in [-0.25, -0.2) is 9.97 Å². The number of aryl methyl sites for hydroxylation is 2. The van der Waals surface area contributed by atoms with Crippen molar-refractivity contribution in [2.45, 2.75) is 32.8 Å². The number of nitrogens with zero attached hydrogens (tertiary/aromatic N) is 5. The highest BCUT2D eigenvalue weighted by molar-refractivity contribution is 7.16. The molecule has 0 bridgehead atoms. The zero-order valence-corrected chi connectivity index (χ0v) is 16.4. The van der Waals surface area contributed by atoms with E-state index in [9.17, 15) is 9.18 Å². The van der Waals surface area contributed by atoms with Crippen LogP contribution in [-0.2, 0) is 6.42 Å². The van der Waals surface area contributed by atoms with E-state index in [1.807, 2.05) is 42.9 Å². The Morgan fingerprint density at radius 3 is 2.89 bits per heavy atom. The van der Waals surface area contributed by atoms with Crippen LogP contribution in [0.15, 0.2) is 30.9 Å². The number of likely N-dealkylation sites (tertiary alicyclic amines) is 1. The summed E-state index contributed by atoms with van der Waals surface area (Å²) in [6.45, 7) is 4.60. The van der Waals surface area contributed by atoms with Gasteiger partial charge in [0.25, 0.3) is 11.8 Å². The Kier molecular flexibility index (Phi) is 5.08. The summed E-state index contributed by atoms with van der Waals surface area (Å²) in [7, 11) is 0. The average molecular weight is 401 g/mol. The van der Waals surface area contributed by atoms with E-state index in [4.69, 9.17) is 4.74 Å². The molecule has 1 saturated heterocycles. The minimum atomic E-state index is -0.524. The van der Waals surface area contributed by atoms with Crippen molar-refractivity contribution in [2.24, 2.45) is 0 Å². The van der Waals surface area contributed by atoms with Gasteiger partial charge in [0.2, 0.25) is 5.82 Å². The van der Waals surface area contributed by atoms with Gasteiger partial charge < -0.3 is 14.2 Å². The topological polar surface area (TPSA) is 73.1 Å². The second kappa shape index (κ2) is 7.67. The first-order valence-corrected chi connectivity index (χ1v) is 9.94. The first kappa shape index (κ1) is 18.5. The summed E-state index contributed by atoms with van der Waals surface area (Å²) in [5, 5.41) is 0.757. The normalized spacial score (nSPS) is 16.5. The molecule has 1 amide bonds. The largest absolute Gasteiger partial charge is 0.470 e. The van der Waals surface area contributed by atoms with Crippen molar-refractivity contribution in [1.29, 1.82) is 0 Å². The van der Waals surface area contributed by atoms with Crippen LogP contribution in [0.1, 0.15) is 34.4 Å². The fraction of sp³-hybridized carbons (Fsp3) is 0.368. The van der Waals surface area contributed by atoms with Crippen LogP contribution in [0.5, 0.6) is 5.88 Å². The lowest BCUT2D eigenvalue weighted by atomic mass is 10.3. The van der Waals surface area contributed by atoms with E-state index in [1.54, 1.807) is 4.90 Å². The van der Waals surface area contributed by atoms with Crippen molar-refractivity contribution >= 4 is 17.2 Å². The maximum Gasteiger partial charge on any atom is 0.266 e. The minimum Gasteiger partial charge on any atom is -0.470 e. The molecule has 1 fully saturated rings. The number of carbonyl (C=O) groups is 1. The maximum atomic E-state index is 14.3. The Morgan fingerprint density at radius 1 is 1.36 bits per heavy atom. The van der Waals surface area contributed by atoms with Crippen LogP contribution in [0.25, 0.3) is 5.13 Å². The summed E-state index contributed by atoms with van der Waals surface area (Å²) >= 11 is 1.36. The van der Waals surface area contributed by atoms with Crippen molar-refractivity contribution < 1.29 is 13.9 Å². The Bertz CT molecular complexity index is 988. The molecule has 4 rings (SSSR count). The molecule has 0 saturated carbocycles. The number of ether oxygens (including phenoxy) is 1. The van der Waals surface area contributed by atoms with Gasteiger partial charge in [0.15, 0.2) is 5.13 Å². The number of carbonyl (C=O) groups excluding carboxylic acids is 1. The van der Waals surface area contributed by atoms with E-state index in [0.717, 1.165) is 5.13 Å². The minimum absolute atomic E-state index is 0.0463. The molecule has 1 aliphatic rings. The first-order chi connectivity index (χ1) is 13.6. The van der Waals surface area contributed by atoms with Crippen LogP contribution in [0.4, 0.5) is 4.39 Å². The van der Waals surface area contributed by atoms with E-state index < -0.39 is 5.82 Å². The molecular formula is C19H20FN5O2S. The maximum absolute atomic E-state index is 14.3. The molecule has 7 nitrogen and oxygen atoms in total. The average Bonchev–Trinajstić information content (AvgIpc) is 3.43. The molecule has 0 unspecified atom stereocenters. The standard InChI is InChI=1S/C19H20FN5O2S/c1-3-14-15(20)17(22-11-21-14)27-13-6-9-25(10-13)18(26)16-12(2)23-19(28-16)24-7-4-5-8-24/h4-5,7-8,11,13H,3,6,9-10H2,1-2H3/t13-/m1/s1. The molecule has 3 aromatic heterocycles. The molecular weight excluding hydrogens is 381 g/mol. The van der Waals surface area contributed by atoms with Crippen LogP contribution >= 0.6 is 11.3 Å². The third kappa shape index (κ3) is 3.49. The van der Waals surface area contributed by atoms with Crippen LogP contribution in [0, 0.1) is 12.7 Å². The summed E-state index contributed by atoms with van der Waals surface area (Å²) in [6.07, 6.45) is 5.89. The lowest BCUT2D eigenvalue weighted by Gasteiger charge is -2.16. The summed E-state index contributed by atoms with van der Waals surface area (Å²) in [5.74, 6) is -0.642. The predicted molar refractivity (Wildman–Crippen MR) is 102 cm³/mol. The van der Waals surface area contributed by atoms with E-state index in [-0.39, 0.29) is 17.9 Å². The number of hydrogen-bond acceptors (Lipinski definition) is 6. The molecule has 28 heavy (non-hydrogen) atoms. The molecule has 9 heteroatoms. The van der Waals surface area contributed by atoms with Crippen LogP contribution in [0.3, 0.4) is 0 Å². The Labute approximate surface area is 165 Å². The van der Waals surface area contributed by atoms with Crippen LogP contribution < -0.4 is 4.74 Å². The number of amides is 1. The van der Waals surface area contributed by atoms with Gasteiger partial charge in [-0.1, -0.05) is 18.3 Å². The third-order valence-corrected chi connectivity index (χ3v) is 5.84. The van der Waals surface area contributed by atoms with Crippen molar-refractivity contribution in [3.63, 3.8) is 0 Å². The summed E-state index contributed by atoms with van der Waals surface area (Å²) in [4.78, 5) is 27.6. The van der Waals surface area contributed by atoms with Crippen molar-refractivity contribution in [3.8, 4) is 11.0 Å². The van der Waals surface area contributed by atoms with Gasteiger partial charge in [-0.3, -0.25) is 4.79 Å². The van der Waals surface area contributed by atoms with Gasteiger partial charge in [-0.15, -0.1) is 0 Å². The fourth-order valence-corrected chi connectivity index (χ4v) is 4.18. The van der Waals surface area contributed by atoms with Crippen LogP contribution in [0.2, 0.25) is 0 Å². The second-order valence-electron chi connectivity index (χ2n) is 6.57. The molecule has 3 aromatic rings. The van der Waals surface area contributed by atoms with Crippen molar-refractivity contribution in [2.75, 3.05) is 13.1 Å². The van der Waals surface area contributed by atoms with E-state index >= 15 is 0 Å². The first-order valence-electron chi connectivity index (χ1n) is 9.13. The number of thiazole rings is 1. The summed E-state index contributed by atoms with van der Waals surface area (Å²) in [5.41, 5.74) is 1.03. The van der Waals surface area contributed by atoms with E-state index in [2.05, 4.69) is 15.0 Å².